The molecule has 0 amide bonds. The van der Waals surface area contributed by atoms with E-state index >= 15 is 0 Å². The lowest BCUT2D eigenvalue weighted by Crippen LogP contribution is -1.99. The summed E-state index contributed by atoms with van der Waals surface area (Å²) in [5, 5.41) is 0.798. The predicted octanol–water partition coefficient (Wildman–Crippen LogP) is 4.22. The van der Waals surface area contributed by atoms with Crippen LogP contribution in [0.5, 0.6) is 0 Å². The molecule has 20 heavy (non-hydrogen) atoms. The highest BCUT2D eigenvalue weighted by Crippen LogP contribution is 2.23. The second kappa shape index (κ2) is 5.42. The minimum atomic E-state index is 0.157. The molecule has 0 spiro atoms. The smallest absolute Gasteiger partial charge is 0.183 e. The summed E-state index contributed by atoms with van der Waals surface area (Å²) >= 11 is 3.00. The number of aromatic amines is 1. The molecule has 0 aliphatic rings. The second-order valence-corrected chi connectivity index (χ2v) is 6.94. The Labute approximate surface area is 125 Å². The van der Waals surface area contributed by atoms with Crippen LogP contribution in [-0.4, -0.2) is 21.5 Å². The number of aryl methyl sites for hydroxylation is 2. The minimum Gasteiger partial charge on any atom is -0.333 e. The zero-order valence-electron chi connectivity index (χ0n) is 11.3. The summed E-state index contributed by atoms with van der Waals surface area (Å²) in [6.07, 6.45) is 0. The van der Waals surface area contributed by atoms with Gasteiger partial charge >= 0.3 is 0 Å². The lowest BCUT2D eigenvalue weighted by Gasteiger charge is -1.95. The van der Waals surface area contributed by atoms with Crippen LogP contribution in [0, 0.1) is 13.8 Å². The van der Waals surface area contributed by atoms with Gasteiger partial charge in [0.1, 0.15) is 0 Å². The van der Waals surface area contributed by atoms with Crippen LogP contribution in [0.1, 0.15) is 20.1 Å². The number of ketones is 1. The van der Waals surface area contributed by atoms with E-state index in [1.165, 1.54) is 17.3 Å². The molecule has 3 rings (SSSR count). The largest absolute Gasteiger partial charge is 0.333 e. The zero-order valence-corrected chi connectivity index (χ0v) is 12.9. The summed E-state index contributed by atoms with van der Waals surface area (Å²) in [5.74, 6) is 0.573. The van der Waals surface area contributed by atoms with Crippen LogP contribution >= 0.6 is 23.1 Å². The lowest BCUT2D eigenvalue weighted by molar-refractivity contribution is 0.102. The molecular formula is C15H14N2OS2. The van der Waals surface area contributed by atoms with Crippen molar-refractivity contribution in [2.75, 3.05) is 5.75 Å². The number of carbonyl (C=O) groups is 1. The summed E-state index contributed by atoms with van der Waals surface area (Å²) in [5.41, 5.74) is 3.16. The van der Waals surface area contributed by atoms with Crippen LogP contribution in [0.15, 0.2) is 35.5 Å². The van der Waals surface area contributed by atoms with Crippen LogP contribution in [0.4, 0.5) is 0 Å². The third-order valence-electron chi connectivity index (χ3n) is 2.97. The Kier molecular flexibility index (Phi) is 3.63. The van der Waals surface area contributed by atoms with Crippen LogP contribution in [0.25, 0.3) is 11.0 Å². The number of aromatic nitrogens is 2. The summed E-state index contributed by atoms with van der Waals surface area (Å²) < 4.78 is 0. The van der Waals surface area contributed by atoms with Crippen molar-refractivity contribution < 1.29 is 4.79 Å². The molecule has 0 saturated carbocycles. The molecule has 102 valence electrons. The van der Waals surface area contributed by atoms with E-state index in [2.05, 4.69) is 23.0 Å². The Morgan fingerprint density at radius 3 is 2.90 bits per heavy atom. The molecular weight excluding hydrogens is 288 g/mol. The molecule has 0 saturated heterocycles. The van der Waals surface area contributed by atoms with Crippen molar-refractivity contribution in [1.82, 2.24) is 9.97 Å². The molecule has 2 aromatic heterocycles. The summed E-state index contributed by atoms with van der Waals surface area (Å²) in [6.45, 7) is 4.06. The van der Waals surface area contributed by atoms with Gasteiger partial charge in [0.25, 0.3) is 0 Å². The first-order chi connectivity index (χ1) is 9.61. The molecule has 0 unspecified atom stereocenters. The Bertz CT molecular complexity index is 773. The van der Waals surface area contributed by atoms with E-state index in [9.17, 15) is 4.79 Å². The molecule has 0 atom stereocenters. The molecule has 3 nitrogen and oxygen atoms in total. The fraction of sp³-hybridized carbons (Fsp3) is 0.200. The predicted molar refractivity (Wildman–Crippen MR) is 84.9 cm³/mol. The summed E-state index contributed by atoms with van der Waals surface area (Å²) in [6, 6.07) is 9.97. The van der Waals surface area contributed by atoms with Gasteiger partial charge in [-0.1, -0.05) is 17.8 Å². The molecule has 0 bridgehead atoms. The van der Waals surface area contributed by atoms with E-state index in [0.717, 1.165) is 25.9 Å². The van der Waals surface area contributed by atoms with E-state index in [1.807, 2.05) is 31.2 Å². The Hall–Kier alpha value is -1.59. The second-order valence-electron chi connectivity index (χ2n) is 4.68. The third-order valence-corrected chi connectivity index (χ3v) is 4.89. The number of nitrogens with zero attached hydrogens (tertiary/aromatic N) is 1. The van der Waals surface area contributed by atoms with Crippen LogP contribution in [-0.2, 0) is 0 Å². The molecule has 5 heteroatoms. The van der Waals surface area contributed by atoms with E-state index in [-0.39, 0.29) is 5.78 Å². The number of hydrogen-bond donors (Lipinski definition) is 1. The van der Waals surface area contributed by atoms with Crippen molar-refractivity contribution in [3.05, 3.63) is 45.6 Å². The first-order valence-electron chi connectivity index (χ1n) is 6.30. The molecule has 1 aromatic carbocycles. The lowest BCUT2D eigenvalue weighted by atomic mass is 10.2. The monoisotopic (exact) mass is 302 g/mol. The molecule has 0 aliphatic carbocycles. The van der Waals surface area contributed by atoms with Gasteiger partial charge in [0.15, 0.2) is 10.9 Å². The fourth-order valence-corrected chi connectivity index (χ4v) is 3.62. The Morgan fingerprint density at radius 2 is 2.15 bits per heavy atom. The maximum absolute atomic E-state index is 12.0. The molecule has 0 radical (unpaired) electrons. The first kappa shape index (κ1) is 13.4. The standard InChI is InChI=1S/C15H14N2OS2/c1-9-3-5-11-12(7-9)17-15(16-11)19-8-13(18)14-6-4-10(2)20-14/h3-7H,8H2,1-2H3,(H,16,17). The number of rotatable bonds is 4. The number of imidazole rings is 1. The molecule has 0 fully saturated rings. The minimum absolute atomic E-state index is 0.157. The number of hydrogen-bond acceptors (Lipinski definition) is 4. The number of fused-ring (bicyclic) bond motifs is 1. The number of H-pyrrole nitrogens is 1. The quantitative estimate of drug-likeness (QED) is 0.580. The van der Waals surface area contributed by atoms with Crippen molar-refractivity contribution in [2.45, 2.75) is 19.0 Å². The fourth-order valence-electron chi connectivity index (χ4n) is 1.96. The molecule has 3 aromatic rings. The van der Waals surface area contributed by atoms with E-state index in [1.54, 1.807) is 11.3 Å². The summed E-state index contributed by atoms with van der Waals surface area (Å²) in [4.78, 5) is 21.8. The van der Waals surface area contributed by atoms with Crippen molar-refractivity contribution in [3.63, 3.8) is 0 Å². The maximum Gasteiger partial charge on any atom is 0.183 e. The number of carbonyl (C=O) groups excluding carboxylic acids is 1. The van der Waals surface area contributed by atoms with Gasteiger partial charge in [0, 0.05) is 4.88 Å². The average Bonchev–Trinajstić information content (AvgIpc) is 3.01. The number of thioether (sulfide) groups is 1. The van der Waals surface area contributed by atoms with Gasteiger partial charge in [-0.15, -0.1) is 11.3 Å². The van der Waals surface area contributed by atoms with Gasteiger partial charge in [-0.25, -0.2) is 4.98 Å². The highest BCUT2D eigenvalue weighted by atomic mass is 32.2. The number of Topliss-reactive ketones (excluding diaryl/α,β-unsaturated/α-hetero) is 1. The molecule has 0 aliphatic heterocycles. The highest BCUT2D eigenvalue weighted by molar-refractivity contribution is 7.99. The van der Waals surface area contributed by atoms with Gasteiger partial charge in [-0.05, 0) is 43.7 Å². The maximum atomic E-state index is 12.0. The number of thiophene rings is 1. The van der Waals surface area contributed by atoms with E-state index in [0.29, 0.717) is 5.75 Å². The SMILES string of the molecule is Cc1ccc2nc(SCC(=O)c3ccc(C)s3)[nH]c2c1. The van der Waals surface area contributed by atoms with Crippen molar-refractivity contribution in [1.29, 1.82) is 0 Å². The third kappa shape index (κ3) is 2.78. The highest BCUT2D eigenvalue weighted by Gasteiger charge is 2.10. The Morgan fingerprint density at radius 1 is 1.30 bits per heavy atom. The van der Waals surface area contributed by atoms with Crippen molar-refractivity contribution >= 4 is 39.9 Å². The van der Waals surface area contributed by atoms with Crippen LogP contribution < -0.4 is 0 Å². The van der Waals surface area contributed by atoms with Crippen molar-refractivity contribution in [2.24, 2.45) is 0 Å². The van der Waals surface area contributed by atoms with E-state index < -0.39 is 0 Å². The van der Waals surface area contributed by atoms with Gasteiger partial charge in [0.2, 0.25) is 0 Å². The normalized spacial score (nSPS) is 11.1. The van der Waals surface area contributed by atoms with E-state index in [4.69, 9.17) is 0 Å². The molecule has 2 heterocycles. The first-order valence-corrected chi connectivity index (χ1v) is 8.11. The topological polar surface area (TPSA) is 45.8 Å². The zero-order chi connectivity index (χ0) is 14.1. The van der Waals surface area contributed by atoms with Crippen LogP contribution in [0.3, 0.4) is 0 Å². The van der Waals surface area contributed by atoms with Crippen LogP contribution in [0.2, 0.25) is 0 Å². The van der Waals surface area contributed by atoms with Gasteiger partial charge in [0.05, 0.1) is 21.7 Å². The van der Waals surface area contributed by atoms with Gasteiger partial charge in [-0.2, -0.15) is 0 Å². The average molecular weight is 302 g/mol. The number of benzene rings is 1. The number of nitrogens with one attached hydrogen (secondary N) is 1. The van der Waals surface area contributed by atoms with Gasteiger partial charge in [-0.3, -0.25) is 4.79 Å². The van der Waals surface area contributed by atoms with Gasteiger partial charge < -0.3 is 4.98 Å². The Balaban J connectivity index is 1.72. The molecule has 1 N–H and O–H groups in total. The summed E-state index contributed by atoms with van der Waals surface area (Å²) in [7, 11) is 0. The van der Waals surface area contributed by atoms with Crippen molar-refractivity contribution in [3.8, 4) is 0 Å².